The summed E-state index contributed by atoms with van der Waals surface area (Å²) in [6.07, 6.45) is 13.7. The van der Waals surface area contributed by atoms with Gasteiger partial charge in [0.15, 0.2) is 0 Å². The zero-order chi connectivity index (χ0) is 13.6. The van der Waals surface area contributed by atoms with Crippen molar-refractivity contribution < 1.29 is 4.74 Å². The molecule has 2 N–H and O–H groups in total. The summed E-state index contributed by atoms with van der Waals surface area (Å²) in [5.74, 6) is 1.87. The molecule has 2 rings (SSSR count). The highest BCUT2D eigenvalue weighted by Gasteiger charge is 2.36. The van der Waals surface area contributed by atoms with E-state index in [2.05, 4.69) is 6.92 Å². The molecule has 2 nitrogen and oxygen atoms in total. The smallest absolute Gasteiger partial charge is 0.0468 e. The molecule has 1 heterocycles. The second-order valence-electron chi connectivity index (χ2n) is 7.05. The Bertz CT molecular complexity index is 240. The van der Waals surface area contributed by atoms with Gasteiger partial charge in [0.1, 0.15) is 0 Å². The average Bonchev–Trinajstić information content (AvgIpc) is 2.48. The molecule has 1 aliphatic heterocycles. The topological polar surface area (TPSA) is 35.2 Å². The molecule has 1 saturated heterocycles. The van der Waals surface area contributed by atoms with E-state index in [9.17, 15) is 0 Å². The third-order valence-corrected chi connectivity index (χ3v) is 5.63. The molecule has 1 saturated carbocycles. The fourth-order valence-corrected chi connectivity index (χ4v) is 4.13. The Morgan fingerprint density at radius 2 is 1.74 bits per heavy atom. The van der Waals surface area contributed by atoms with Crippen LogP contribution in [0.1, 0.15) is 71.1 Å². The van der Waals surface area contributed by atoms with E-state index in [1.165, 1.54) is 64.2 Å². The largest absolute Gasteiger partial charge is 0.381 e. The van der Waals surface area contributed by atoms with Gasteiger partial charge in [0.05, 0.1) is 0 Å². The Morgan fingerprint density at radius 1 is 1.05 bits per heavy atom. The molecule has 0 radical (unpaired) electrons. The zero-order valence-corrected chi connectivity index (χ0v) is 12.8. The van der Waals surface area contributed by atoms with Gasteiger partial charge in [-0.05, 0) is 68.7 Å². The van der Waals surface area contributed by atoms with E-state index in [4.69, 9.17) is 10.5 Å². The maximum absolute atomic E-state index is 6.17. The summed E-state index contributed by atoms with van der Waals surface area (Å²) in [4.78, 5) is 0. The fourth-order valence-electron chi connectivity index (χ4n) is 4.13. The Morgan fingerprint density at radius 3 is 2.32 bits per heavy atom. The maximum atomic E-state index is 6.17. The molecular formula is C17H33NO. The second-order valence-corrected chi connectivity index (χ2v) is 7.05. The molecule has 2 aliphatic rings. The van der Waals surface area contributed by atoms with Crippen LogP contribution in [-0.4, -0.2) is 19.8 Å². The second kappa shape index (κ2) is 7.64. The minimum atomic E-state index is 0.477. The van der Waals surface area contributed by atoms with E-state index in [-0.39, 0.29) is 0 Å². The monoisotopic (exact) mass is 267 g/mol. The molecule has 2 fully saturated rings. The van der Waals surface area contributed by atoms with Crippen molar-refractivity contribution in [1.29, 1.82) is 0 Å². The van der Waals surface area contributed by atoms with Crippen LogP contribution in [0.15, 0.2) is 0 Å². The normalized spacial score (nSPS) is 33.5. The number of ether oxygens (including phenoxy) is 1. The lowest BCUT2D eigenvalue weighted by atomic mass is 9.65. The van der Waals surface area contributed by atoms with Crippen molar-refractivity contribution in [2.24, 2.45) is 23.0 Å². The molecule has 1 aliphatic carbocycles. The summed E-state index contributed by atoms with van der Waals surface area (Å²) in [5.41, 5.74) is 6.65. The first-order chi connectivity index (χ1) is 9.28. The highest BCUT2D eigenvalue weighted by molar-refractivity contribution is 4.88. The van der Waals surface area contributed by atoms with Crippen LogP contribution < -0.4 is 5.73 Å². The number of rotatable bonds is 6. The van der Waals surface area contributed by atoms with Gasteiger partial charge in [0.2, 0.25) is 0 Å². The van der Waals surface area contributed by atoms with E-state index >= 15 is 0 Å². The number of hydrogen-bond donors (Lipinski definition) is 1. The van der Waals surface area contributed by atoms with Gasteiger partial charge in [-0.15, -0.1) is 0 Å². The van der Waals surface area contributed by atoms with Crippen molar-refractivity contribution in [2.75, 3.05) is 19.8 Å². The van der Waals surface area contributed by atoms with Gasteiger partial charge in [0.25, 0.3) is 0 Å². The molecule has 0 spiro atoms. The zero-order valence-electron chi connectivity index (χ0n) is 12.8. The molecule has 112 valence electrons. The first kappa shape index (κ1) is 15.3. The quantitative estimate of drug-likeness (QED) is 0.785. The minimum Gasteiger partial charge on any atom is -0.381 e. The van der Waals surface area contributed by atoms with E-state index in [1.54, 1.807) is 0 Å². The molecule has 0 unspecified atom stereocenters. The summed E-state index contributed by atoms with van der Waals surface area (Å²) < 4.78 is 5.49. The van der Waals surface area contributed by atoms with E-state index in [0.29, 0.717) is 5.41 Å². The lowest BCUT2D eigenvalue weighted by Gasteiger charge is -2.42. The van der Waals surface area contributed by atoms with Gasteiger partial charge in [-0.2, -0.15) is 0 Å². The standard InChI is InChI=1S/C17H33NO/c1-2-3-4-15-5-9-17(14-18,10-6-15)13-16-7-11-19-12-8-16/h15-16H,2-14,18H2,1H3. The highest BCUT2D eigenvalue weighted by Crippen LogP contribution is 2.45. The number of unbranched alkanes of at least 4 members (excludes halogenated alkanes) is 1. The van der Waals surface area contributed by atoms with Crippen LogP contribution >= 0.6 is 0 Å². The van der Waals surface area contributed by atoms with Gasteiger partial charge in [0, 0.05) is 13.2 Å². The lowest BCUT2D eigenvalue weighted by molar-refractivity contribution is 0.0345. The maximum Gasteiger partial charge on any atom is 0.0468 e. The van der Waals surface area contributed by atoms with Crippen molar-refractivity contribution >= 4 is 0 Å². The fraction of sp³-hybridized carbons (Fsp3) is 1.00. The van der Waals surface area contributed by atoms with Gasteiger partial charge < -0.3 is 10.5 Å². The third-order valence-electron chi connectivity index (χ3n) is 5.63. The first-order valence-corrected chi connectivity index (χ1v) is 8.56. The molecule has 0 amide bonds. The molecular weight excluding hydrogens is 234 g/mol. The summed E-state index contributed by atoms with van der Waals surface area (Å²) in [7, 11) is 0. The van der Waals surface area contributed by atoms with Crippen molar-refractivity contribution in [2.45, 2.75) is 71.1 Å². The first-order valence-electron chi connectivity index (χ1n) is 8.56. The summed E-state index contributed by atoms with van der Waals surface area (Å²) >= 11 is 0. The Balaban J connectivity index is 1.79. The third kappa shape index (κ3) is 4.46. The molecule has 0 aromatic heterocycles. The van der Waals surface area contributed by atoms with Gasteiger partial charge in [-0.25, -0.2) is 0 Å². The Kier molecular flexibility index (Phi) is 6.15. The Labute approximate surface area is 119 Å². The van der Waals surface area contributed by atoms with Crippen molar-refractivity contribution in [1.82, 2.24) is 0 Å². The number of nitrogens with two attached hydrogens (primary N) is 1. The lowest BCUT2D eigenvalue weighted by Crippen LogP contribution is -2.37. The van der Waals surface area contributed by atoms with Gasteiger partial charge >= 0.3 is 0 Å². The van der Waals surface area contributed by atoms with Crippen LogP contribution in [0, 0.1) is 17.3 Å². The summed E-state index contributed by atoms with van der Waals surface area (Å²) in [5, 5.41) is 0. The number of hydrogen-bond acceptors (Lipinski definition) is 2. The van der Waals surface area contributed by atoms with Crippen LogP contribution in [0.25, 0.3) is 0 Å². The molecule has 0 atom stereocenters. The average molecular weight is 267 g/mol. The summed E-state index contributed by atoms with van der Waals surface area (Å²) in [6, 6.07) is 0. The van der Waals surface area contributed by atoms with E-state index < -0.39 is 0 Å². The molecule has 19 heavy (non-hydrogen) atoms. The van der Waals surface area contributed by atoms with Crippen LogP contribution in [0.3, 0.4) is 0 Å². The molecule has 0 aromatic carbocycles. The SMILES string of the molecule is CCCCC1CCC(CN)(CC2CCOCC2)CC1. The highest BCUT2D eigenvalue weighted by atomic mass is 16.5. The van der Waals surface area contributed by atoms with Crippen molar-refractivity contribution in [3.05, 3.63) is 0 Å². The van der Waals surface area contributed by atoms with E-state index in [1.807, 2.05) is 0 Å². The van der Waals surface area contributed by atoms with Gasteiger partial charge in [-0.3, -0.25) is 0 Å². The van der Waals surface area contributed by atoms with Crippen molar-refractivity contribution in [3.63, 3.8) is 0 Å². The van der Waals surface area contributed by atoms with Crippen LogP contribution in [-0.2, 0) is 4.74 Å². The van der Waals surface area contributed by atoms with Crippen LogP contribution in [0.5, 0.6) is 0 Å². The van der Waals surface area contributed by atoms with Gasteiger partial charge in [-0.1, -0.05) is 26.2 Å². The predicted molar refractivity (Wildman–Crippen MR) is 81.1 cm³/mol. The Hall–Kier alpha value is -0.0800. The molecule has 0 bridgehead atoms. The minimum absolute atomic E-state index is 0.477. The summed E-state index contributed by atoms with van der Waals surface area (Å²) in [6.45, 7) is 5.16. The molecule has 2 heteroatoms. The van der Waals surface area contributed by atoms with E-state index in [0.717, 1.165) is 31.6 Å². The predicted octanol–water partition coefficient (Wildman–Crippen LogP) is 4.13. The molecule has 0 aromatic rings. The van der Waals surface area contributed by atoms with Crippen LogP contribution in [0.4, 0.5) is 0 Å². The van der Waals surface area contributed by atoms with Crippen molar-refractivity contribution in [3.8, 4) is 0 Å². The van der Waals surface area contributed by atoms with Crippen LogP contribution in [0.2, 0.25) is 0 Å².